The molecule has 2 heterocycles. The minimum Gasteiger partial charge on any atom is -0.457 e. The van der Waals surface area contributed by atoms with Crippen molar-refractivity contribution < 1.29 is 18.9 Å². The van der Waals surface area contributed by atoms with Crippen LogP contribution in [-0.2, 0) is 9.53 Å². The average Bonchev–Trinajstić information content (AvgIpc) is 3.21. The second kappa shape index (κ2) is 9.64. The molecule has 0 unspecified atom stereocenters. The Kier molecular flexibility index (Phi) is 6.73. The number of nitro groups is 1. The normalized spacial score (nSPS) is 14.9. The fraction of sp³-hybridized carbons (Fsp3) is 0.300. The predicted octanol–water partition coefficient (Wildman–Crippen LogP) is 2.21. The fourth-order valence-electron chi connectivity index (χ4n) is 2.90. The second-order valence-corrected chi connectivity index (χ2v) is 6.39. The average molecular weight is 396 g/mol. The Morgan fingerprint density at radius 2 is 2.10 bits per heavy atom. The molecule has 1 fully saturated rings. The number of carbonyl (C=O) groups is 1. The first-order valence-electron chi connectivity index (χ1n) is 9.11. The van der Waals surface area contributed by atoms with Crippen LogP contribution in [0.3, 0.4) is 0 Å². The van der Waals surface area contributed by atoms with Crippen molar-refractivity contribution in [3.05, 3.63) is 57.8 Å². The monoisotopic (exact) mass is 396 g/mol. The van der Waals surface area contributed by atoms with Gasteiger partial charge < -0.3 is 14.5 Å². The highest BCUT2D eigenvalue weighted by molar-refractivity contribution is 6.01. The number of carbonyl (C=O) groups excluding carboxylic acids is 1. The summed E-state index contributed by atoms with van der Waals surface area (Å²) in [6.45, 7) is 4.12. The summed E-state index contributed by atoms with van der Waals surface area (Å²) in [6, 6.07) is 11.2. The van der Waals surface area contributed by atoms with Gasteiger partial charge in [-0.15, -0.1) is 0 Å². The summed E-state index contributed by atoms with van der Waals surface area (Å²) in [6.07, 6.45) is 1.35. The maximum absolute atomic E-state index is 12.3. The predicted molar refractivity (Wildman–Crippen MR) is 105 cm³/mol. The minimum atomic E-state index is -0.484. The van der Waals surface area contributed by atoms with Gasteiger partial charge in [0.1, 0.15) is 23.2 Å². The maximum atomic E-state index is 12.3. The van der Waals surface area contributed by atoms with Gasteiger partial charge in [-0.05, 0) is 12.1 Å². The number of nitro benzene ring substituents is 1. The maximum Gasteiger partial charge on any atom is 0.270 e. The molecule has 29 heavy (non-hydrogen) atoms. The lowest BCUT2D eigenvalue weighted by Crippen LogP contribution is -2.41. The summed E-state index contributed by atoms with van der Waals surface area (Å²) >= 11 is 0. The van der Waals surface area contributed by atoms with Crippen LogP contribution >= 0.6 is 0 Å². The number of nitrogens with one attached hydrogen (secondary N) is 1. The third kappa shape index (κ3) is 5.51. The van der Waals surface area contributed by atoms with E-state index in [9.17, 15) is 20.2 Å². The molecule has 1 aromatic carbocycles. The summed E-state index contributed by atoms with van der Waals surface area (Å²) in [7, 11) is 0. The first-order valence-corrected chi connectivity index (χ1v) is 9.11. The Morgan fingerprint density at radius 3 is 2.83 bits per heavy atom. The number of nitrogens with zero attached hydrogens (tertiary/aromatic N) is 3. The zero-order valence-corrected chi connectivity index (χ0v) is 15.7. The van der Waals surface area contributed by atoms with Crippen molar-refractivity contribution in [2.24, 2.45) is 0 Å². The number of amides is 1. The van der Waals surface area contributed by atoms with E-state index >= 15 is 0 Å². The first kappa shape index (κ1) is 20.3. The van der Waals surface area contributed by atoms with Crippen molar-refractivity contribution in [1.29, 1.82) is 5.26 Å². The molecule has 0 aliphatic carbocycles. The van der Waals surface area contributed by atoms with Crippen LogP contribution in [0, 0.1) is 21.4 Å². The second-order valence-electron chi connectivity index (χ2n) is 6.39. The van der Waals surface area contributed by atoms with Crippen LogP contribution in [0.5, 0.6) is 0 Å². The van der Waals surface area contributed by atoms with E-state index in [0.29, 0.717) is 43.4 Å². The summed E-state index contributed by atoms with van der Waals surface area (Å²) in [5.41, 5.74) is 0.410. The molecule has 0 atom stereocenters. The molecule has 1 aromatic heterocycles. The molecule has 0 radical (unpaired) electrons. The van der Waals surface area contributed by atoms with E-state index in [1.54, 1.807) is 24.3 Å². The zero-order chi connectivity index (χ0) is 20.6. The van der Waals surface area contributed by atoms with Crippen molar-refractivity contribution in [3.63, 3.8) is 0 Å². The lowest BCUT2D eigenvalue weighted by Gasteiger charge is -2.26. The van der Waals surface area contributed by atoms with Crippen LogP contribution in [-0.4, -0.2) is 55.1 Å². The van der Waals surface area contributed by atoms with E-state index < -0.39 is 10.8 Å². The number of furan rings is 1. The Balaban J connectivity index is 1.63. The largest absolute Gasteiger partial charge is 0.457 e. The molecule has 1 amide bonds. The van der Waals surface area contributed by atoms with E-state index in [4.69, 9.17) is 9.15 Å². The van der Waals surface area contributed by atoms with Gasteiger partial charge in [0.2, 0.25) is 0 Å². The Hall–Kier alpha value is -3.48. The van der Waals surface area contributed by atoms with Crippen LogP contribution in [0.1, 0.15) is 5.76 Å². The summed E-state index contributed by atoms with van der Waals surface area (Å²) in [5, 5.41) is 22.9. The smallest absolute Gasteiger partial charge is 0.270 e. The highest BCUT2D eigenvalue weighted by Crippen LogP contribution is 2.26. The van der Waals surface area contributed by atoms with Gasteiger partial charge >= 0.3 is 0 Å². The van der Waals surface area contributed by atoms with Crippen molar-refractivity contribution >= 4 is 17.7 Å². The highest BCUT2D eigenvalue weighted by Gasteiger charge is 2.14. The number of nitriles is 1. The number of rotatable bonds is 7. The quantitative estimate of drug-likeness (QED) is 0.329. The number of non-ortho nitro benzene ring substituents is 1. The summed E-state index contributed by atoms with van der Waals surface area (Å²) in [4.78, 5) is 24.9. The van der Waals surface area contributed by atoms with Gasteiger partial charge in [-0.25, -0.2) is 0 Å². The van der Waals surface area contributed by atoms with Gasteiger partial charge in [0.25, 0.3) is 11.6 Å². The van der Waals surface area contributed by atoms with Gasteiger partial charge in [0.05, 0.1) is 18.1 Å². The molecule has 0 spiro atoms. The molecule has 0 bridgehead atoms. The third-order valence-corrected chi connectivity index (χ3v) is 4.44. The Morgan fingerprint density at radius 1 is 1.31 bits per heavy atom. The minimum absolute atomic E-state index is 0.0478. The molecule has 1 saturated heterocycles. The van der Waals surface area contributed by atoms with Gasteiger partial charge in [-0.1, -0.05) is 12.1 Å². The standard InChI is InChI=1S/C20H20N4O5/c21-14-16(20(25)22-6-7-23-8-10-28-11-9-23)13-18-4-5-19(29-18)15-2-1-3-17(12-15)24(26)27/h1-5,12-13H,6-11H2,(H,22,25)/b16-13+. The van der Waals surface area contributed by atoms with Gasteiger partial charge in [0.15, 0.2) is 0 Å². The molecule has 0 saturated carbocycles. The highest BCUT2D eigenvalue weighted by atomic mass is 16.6. The molecule has 1 N–H and O–H groups in total. The topological polar surface area (TPSA) is 122 Å². The van der Waals surface area contributed by atoms with Crippen molar-refractivity contribution in [1.82, 2.24) is 10.2 Å². The summed E-state index contributed by atoms with van der Waals surface area (Å²) < 4.78 is 10.9. The molecule has 150 valence electrons. The first-order chi connectivity index (χ1) is 14.1. The van der Waals surface area contributed by atoms with Crippen LogP contribution in [0.2, 0.25) is 0 Å². The number of ether oxygens (including phenoxy) is 1. The molecule has 3 rings (SSSR count). The van der Waals surface area contributed by atoms with Crippen molar-refractivity contribution in [2.45, 2.75) is 0 Å². The van der Waals surface area contributed by atoms with E-state index in [2.05, 4.69) is 10.2 Å². The van der Waals surface area contributed by atoms with Crippen molar-refractivity contribution in [3.8, 4) is 17.4 Å². The molecule has 2 aromatic rings. The lowest BCUT2D eigenvalue weighted by molar-refractivity contribution is -0.384. The summed E-state index contributed by atoms with van der Waals surface area (Å²) in [5.74, 6) is 0.241. The number of hydrogen-bond acceptors (Lipinski definition) is 7. The van der Waals surface area contributed by atoms with Crippen LogP contribution < -0.4 is 5.32 Å². The van der Waals surface area contributed by atoms with Crippen LogP contribution in [0.15, 0.2) is 46.4 Å². The van der Waals surface area contributed by atoms with Gasteiger partial charge in [0, 0.05) is 50.0 Å². The van der Waals surface area contributed by atoms with E-state index in [0.717, 1.165) is 13.1 Å². The number of benzene rings is 1. The number of morpholine rings is 1. The Bertz CT molecular complexity index is 954. The zero-order valence-electron chi connectivity index (χ0n) is 15.7. The van der Waals surface area contributed by atoms with Crippen molar-refractivity contribution in [2.75, 3.05) is 39.4 Å². The van der Waals surface area contributed by atoms with Gasteiger partial charge in [-0.2, -0.15) is 5.26 Å². The number of hydrogen-bond donors (Lipinski definition) is 1. The molecule has 1 aliphatic heterocycles. The lowest BCUT2D eigenvalue weighted by atomic mass is 10.1. The molecular weight excluding hydrogens is 376 g/mol. The SMILES string of the molecule is N#C/C(=C\c1ccc(-c2cccc([N+](=O)[O-])c2)o1)C(=O)NCCN1CCOCC1. The van der Waals surface area contributed by atoms with Crippen LogP contribution in [0.25, 0.3) is 17.4 Å². The molecular formula is C20H20N4O5. The Labute approximate surface area is 167 Å². The van der Waals surface area contributed by atoms with E-state index in [1.165, 1.54) is 18.2 Å². The van der Waals surface area contributed by atoms with E-state index in [1.807, 2.05) is 6.07 Å². The fourth-order valence-corrected chi connectivity index (χ4v) is 2.90. The molecule has 1 aliphatic rings. The molecule has 9 nitrogen and oxygen atoms in total. The third-order valence-electron chi connectivity index (χ3n) is 4.44. The van der Waals surface area contributed by atoms with Gasteiger partial charge in [-0.3, -0.25) is 19.8 Å². The molecule has 9 heteroatoms. The van der Waals surface area contributed by atoms with E-state index in [-0.39, 0.29) is 11.3 Å². The van der Waals surface area contributed by atoms with Crippen LogP contribution in [0.4, 0.5) is 5.69 Å².